The number of benzene rings is 8. The maximum Gasteiger partial charge on any atom is 0.194 e. The van der Waals surface area contributed by atoms with Gasteiger partial charge in [0.25, 0.3) is 0 Å². The molecule has 0 aliphatic carbocycles. The highest BCUT2D eigenvalue weighted by Crippen LogP contribution is 2.57. The first kappa shape index (κ1) is 34.5. The van der Waals surface area contributed by atoms with E-state index in [9.17, 15) is 0 Å². The zero-order valence-electron chi connectivity index (χ0n) is 31.3. The fourth-order valence-electron chi connectivity index (χ4n) is 8.22. The molecule has 0 saturated carbocycles. The van der Waals surface area contributed by atoms with Gasteiger partial charge in [0.15, 0.2) is 23.2 Å². The van der Waals surface area contributed by atoms with Crippen molar-refractivity contribution >= 4 is 5.69 Å². The molecule has 9 aromatic rings. The molecule has 0 unspecified atom stereocenters. The summed E-state index contributed by atoms with van der Waals surface area (Å²) in [7, 11) is 0. The number of hydrogen-bond donors (Lipinski definition) is 0. The molecule has 2 heterocycles. The van der Waals surface area contributed by atoms with Crippen molar-refractivity contribution < 1.29 is 4.74 Å². The van der Waals surface area contributed by atoms with Crippen LogP contribution in [0.5, 0.6) is 11.5 Å². The van der Waals surface area contributed by atoms with E-state index in [0.717, 1.165) is 61.6 Å². The van der Waals surface area contributed by atoms with Gasteiger partial charge in [-0.25, -0.2) is 19.8 Å². The van der Waals surface area contributed by atoms with Gasteiger partial charge in [0.05, 0.1) is 12.0 Å². The highest BCUT2D eigenvalue weighted by atomic mass is 16.5. The van der Waals surface area contributed by atoms with Gasteiger partial charge in [-0.15, -0.1) is 0 Å². The van der Waals surface area contributed by atoms with Gasteiger partial charge in [0, 0.05) is 33.4 Å². The van der Waals surface area contributed by atoms with Crippen LogP contribution < -0.4 is 4.74 Å². The molecule has 1 aromatic heterocycles. The van der Waals surface area contributed by atoms with Crippen LogP contribution in [0.15, 0.2) is 206 Å². The molecule has 0 saturated heterocycles. The smallest absolute Gasteiger partial charge is 0.194 e. The molecule has 58 heavy (non-hydrogen) atoms. The van der Waals surface area contributed by atoms with E-state index in [4.69, 9.17) is 26.3 Å². The Hall–Kier alpha value is -7.94. The molecule has 1 aliphatic heterocycles. The van der Waals surface area contributed by atoms with E-state index in [1.807, 2.05) is 84.9 Å². The van der Waals surface area contributed by atoms with Crippen LogP contribution in [0, 0.1) is 6.57 Å². The number of aromatic nitrogens is 3. The van der Waals surface area contributed by atoms with Gasteiger partial charge in [0.1, 0.15) is 11.5 Å². The number of ether oxygens (including phenoxy) is 1. The van der Waals surface area contributed by atoms with Crippen molar-refractivity contribution in [3.8, 4) is 67.9 Å². The maximum atomic E-state index is 7.62. The topological polar surface area (TPSA) is 52.3 Å². The minimum atomic E-state index is -0.601. The average molecular weight is 743 g/mol. The minimum Gasteiger partial charge on any atom is -0.456 e. The SMILES string of the molecule is [C-]#[N+]c1ccccc1-c1ccc(-c2nc(-c3ccccc3)nc(-c3ccc(-c4cccc5c4Oc4ccccc4C5(c4ccccc4)c4ccccc4)cc3)n2)cc1. The lowest BCUT2D eigenvalue weighted by Crippen LogP contribution is -2.34. The molecular weight excluding hydrogens is 709 g/mol. The summed E-state index contributed by atoms with van der Waals surface area (Å²) in [6.07, 6.45) is 0. The third-order valence-electron chi connectivity index (χ3n) is 10.9. The Kier molecular flexibility index (Phi) is 8.70. The molecule has 0 atom stereocenters. The summed E-state index contributed by atoms with van der Waals surface area (Å²) in [5.41, 5.74) is 11.1. The van der Waals surface area contributed by atoms with Crippen LogP contribution in [0.3, 0.4) is 0 Å². The zero-order valence-corrected chi connectivity index (χ0v) is 31.3. The van der Waals surface area contributed by atoms with E-state index >= 15 is 0 Å². The van der Waals surface area contributed by atoms with Gasteiger partial charge in [-0.2, -0.15) is 0 Å². The van der Waals surface area contributed by atoms with E-state index in [1.54, 1.807) is 0 Å². The predicted molar refractivity (Wildman–Crippen MR) is 232 cm³/mol. The van der Waals surface area contributed by atoms with Crippen molar-refractivity contribution in [2.24, 2.45) is 0 Å². The van der Waals surface area contributed by atoms with Crippen molar-refractivity contribution in [2.45, 2.75) is 5.41 Å². The summed E-state index contributed by atoms with van der Waals surface area (Å²) in [4.78, 5) is 18.7. The molecule has 0 amide bonds. The standard InChI is InChI=1S/C53H34N4O/c1-54-47-26-13-11-22-43(47)36-28-32-39(33-29-36)51-55-50(38-16-5-2-6-17-38)56-52(57-51)40-34-30-37(31-35-40)44-23-15-25-46-49(44)58-48-27-14-12-24-45(48)53(46,41-18-7-3-8-19-41)42-20-9-4-10-21-42/h2-35H. The van der Waals surface area contributed by atoms with Gasteiger partial charge in [-0.05, 0) is 33.9 Å². The Morgan fingerprint density at radius 3 is 1.40 bits per heavy atom. The van der Waals surface area contributed by atoms with Gasteiger partial charge in [0.2, 0.25) is 0 Å². The number of fused-ring (bicyclic) bond motifs is 2. The van der Waals surface area contributed by atoms with E-state index in [2.05, 4.69) is 126 Å². The monoisotopic (exact) mass is 742 g/mol. The Balaban J connectivity index is 1.08. The van der Waals surface area contributed by atoms with Crippen molar-refractivity contribution in [3.05, 3.63) is 240 Å². The second-order valence-corrected chi connectivity index (χ2v) is 14.2. The van der Waals surface area contributed by atoms with E-state index in [-0.39, 0.29) is 0 Å². The second-order valence-electron chi connectivity index (χ2n) is 14.2. The molecular formula is C53H34N4O. The van der Waals surface area contributed by atoms with Crippen molar-refractivity contribution in [2.75, 3.05) is 0 Å². The number of hydrogen-bond acceptors (Lipinski definition) is 4. The Morgan fingerprint density at radius 1 is 0.379 bits per heavy atom. The summed E-state index contributed by atoms with van der Waals surface area (Å²) in [6, 6.07) is 70.4. The molecule has 0 radical (unpaired) electrons. The quantitative estimate of drug-likeness (QED) is 0.153. The molecule has 0 N–H and O–H groups in total. The first-order chi connectivity index (χ1) is 28.7. The fourth-order valence-corrected chi connectivity index (χ4v) is 8.22. The second kappa shape index (κ2) is 14.6. The van der Waals surface area contributed by atoms with Crippen molar-refractivity contribution in [1.29, 1.82) is 0 Å². The molecule has 5 nitrogen and oxygen atoms in total. The zero-order chi connectivity index (χ0) is 38.9. The summed E-state index contributed by atoms with van der Waals surface area (Å²) < 4.78 is 6.91. The summed E-state index contributed by atoms with van der Waals surface area (Å²) in [5.74, 6) is 3.40. The predicted octanol–water partition coefficient (Wildman–Crippen LogP) is 13.2. The number of para-hydroxylation sites is 3. The van der Waals surface area contributed by atoms with Gasteiger partial charge in [-0.1, -0.05) is 200 Å². The number of rotatable bonds is 7. The largest absolute Gasteiger partial charge is 0.456 e. The Labute approximate surface area is 337 Å². The molecule has 8 aromatic carbocycles. The van der Waals surface area contributed by atoms with Crippen LogP contribution in [0.25, 0.3) is 61.3 Å². The lowest BCUT2D eigenvalue weighted by molar-refractivity contribution is 0.436. The van der Waals surface area contributed by atoms with Crippen LogP contribution in [-0.2, 0) is 5.41 Å². The van der Waals surface area contributed by atoms with E-state index in [0.29, 0.717) is 23.2 Å². The van der Waals surface area contributed by atoms with Crippen LogP contribution in [0.4, 0.5) is 5.69 Å². The highest BCUT2D eigenvalue weighted by molar-refractivity contribution is 5.82. The number of nitrogens with zero attached hydrogens (tertiary/aromatic N) is 4. The van der Waals surface area contributed by atoms with Crippen LogP contribution in [0.1, 0.15) is 22.3 Å². The summed E-state index contributed by atoms with van der Waals surface area (Å²) >= 11 is 0. The average Bonchev–Trinajstić information content (AvgIpc) is 3.31. The maximum absolute atomic E-state index is 7.62. The molecule has 5 heteroatoms. The Bertz CT molecular complexity index is 2920. The van der Waals surface area contributed by atoms with Gasteiger partial charge >= 0.3 is 0 Å². The van der Waals surface area contributed by atoms with Crippen LogP contribution in [0.2, 0.25) is 0 Å². The van der Waals surface area contributed by atoms with E-state index < -0.39 is 5.41 Å². The van der Waals surface area contributed by atoms with Crippen LogP contribution >= 0.6 is 0 Å². The third kappa shape index (κ3) is 5.92. The normalized spacial score (nSPS) is 12.4. The Morgan fingerprint density at radius 2 is 0.810 bits per heavy atom. The molecule has 0 fully saturated rings. The minimum absolute atomic E-state index is 0.570. The molecule has 10 rings (SSSR count). The van der Waals surface area contributed by atoms with Crippen molar-refractivity contribution in [1.82, 2.24) is 15.0 Å². The third-order valence-corrected chi connectivity index (χ3v) is 10.9. The summed E-state index contributed by atoms with van der Waals surface area (Å²) in [6.45, 7) is 7.62. The van der Waals surface area contributed by atoms with Crippen LogP contribution in [-0.4, -0.2) is 15.0 Å². The van der Waals surface area contributed by atoms with Gasteiger partial charge < -0.3 is 4.74 Å². The van der Waals surface area contributed by atoms with E-state index in [1.165, 1.54) is 11.1 Å². The van der Waals surface area contributed by atoms with Gasteiger partial charge in [-0.3, -0.25) is 0 Å². The molecule has 272 valence electrons. The lowest BCUT2D eigenvalue weighted by Gasteiger charge is -2.42. The highest BCUT2D eigenvalue weighted by Gasteiger charge is 2.45. The fraction of sp³-hybridized carbons (Fsp3) is 0.0189. The first-order valence-corrected chi connectivity index (χ1v) is 19.2. The molecule has 1 aliphatic rings. The molecule has 0 bridgehead atoms. The van der Waals surface area contributed by atoms with Crippen molar-refractivity contribution in [3.63, 3.8) is 0 Å². The first-order valence-electron chi connectivity index (χ1n) is 19.2. The lowest BCUT2D eigenvalue weighted by atomic mass is 9.63. The summed E-state index contributed by atoms with van der Waals surface area (Å²) in [5, 5.41) is 0. The molecule has 0 spiro atoms.